The average molecular weight is 503 g/mol. The number of nitrogens with zero attached hydrogens (tertiary/aromatic N) is 2. The molecule has 1 aromatic heterocycles. The summed E-state index contributed by atoms with van der Waals surface area (Å²) >= 11 is 1.21. The van der Waals surface area contributed by atoms with Gasteiger partial charge in [0.2, 0.25) is 15.9 Å². The Balaban J connectivity index is 1.84. The third-order valence-electron chi connectivity index (χ3n) is 5.40. The molecule has 1 aliphatic rings. The maximum atomic E-state index is 12.9. The number of carbonyl (C=O) groups is 3. The summed E-state index contributed by atoms with van der Waals surface area (Å²) in [4.78, 5) is 39.2. The Hall–Kier alpha value is -3.28. The molecule has 0 fully saturated rings. The molecule has 0 spiro atoms. The van der Waals surface area contributed by atoms with Crippen LogP contribution in [0, 0.1) is 0 Å². The molecule has 34 heavy (non-hydrogen) atoms. The molecule has 0 radical (unpaired) electrons. The van der Waals surface area contributed by atoms with Gasteiger partial charge in [-0.15, -0.1) is 24.5 Å². The molecule has 0 atom stereocenters. The third-order valence-corrected chi connectivity index (χ3v) is 8.37. The van der Waals surface area contributed by atoms with Gasteiger partial charge in [-0.05, 0) is 36.2 Å². The molecular formula is C23H26N4O5S2. The van der Waals surface area contributed by atoms with Crippen molar-refractivity contribution in [1.82, 2.24) is 9.21 Å². The van der Waals surface area contributed by atoms with Crippen LogP contribution >= 0.6 is 11.3 Å². The number of sulfonamides is 1. The summed E-state index contributed by atoms with van der Waals surface area (Å²) in [6.07, 6.45) is 3.43. The molecule has 0 saturated heterocycles. The van der Waals surface area contributed by atoms with Crippen molar-refractivity contribution in [2.75, 3.05) is 25.0 Å². The minimum atomic E-state index is -3.79. The molecule has 1 aromatic carbocycles. The van der Waals surface area contributed by atoms with Crippen LogP contribution < -0.4 is 11.1 Å². The van der Waals surface area contributed by atoms with Crippen LogP contribution in [0.1, 0.15) is 38.1 Å². The van der Waals surface area contributed by atoms with E-state index in [4.69, 9.17) is 5.73 Å². The fourth-order valence-electron chi connectivity index (χ4n) is 3.68. The van der Waals surface area contributed by atoms with E-state index in [1.54, 1.807) is 4.90 Å². The van der Waals surface area contributed by atoms with Gasteiger partial charge < -0.3 is 16.0 Å². The number of hydrogen-bond acceptors (Lipinski definition) is 6. The normalized spacial score (nSPS) is 13.3. The Labute approximate surface area is 202 Å². The highest BCUT2D eigenvalue weighted by Gasteiger charge is 2.29. The van der Waals surface area contributed by atoms with Crippen LogP contribution in [-0.2, 0) is 27.8 Å². The van der Waals surface area contributed by atoms with Crippen LogP contribution in [0.15, 0.2) is 54.5 Å². The van der Waals surface area contributed by atoms with E-state index in [2.05, 4.69) is 18.5 Å². The summed E-state index contributed by atoms with van der Waals surface area (Å²) in [7, 11) is -3.79. The van der Waals surface area contributed by atoms with Crippen molar-refractivity contribution in [2.24, 2.45) is 5.73 Å². The molecule has 0 unspecified atom stereocenters. The molecule has 3 N–H and O–H groups in total. The van der Waals surface area contributed by atoms with E-state index in [9.17, 15) is 22.8 Å². The van der Waals surface area contributed by atoms with Crippen LogP contribution in [0.5, 0.6) is 0 Å². The van der Waals surface area contributed by atoms with Gasteiger partial charge in [-0.25, -0.2) is 8.42 Å². The number of thiophene rings is 1. The first-order chi connectivity index (χ1) is 16.1. The topological polar surface area (TPSA) is 130 Å². The van der Waals surface area contributed by atoms with Crippen molar-refractivity contribution in [3.8, 4) is 0 Å². The van der Waals surface area contributed by atoms with Crippen LogP contribution in [0.2, 0.25) is 0 Å². The van der Waals surface area contributed by atoms with E-state index in [1.807, 2.05) is 0 Å². The van der Waals surface area contributed by atoms with Crippen molar-refractivity contribution >= 4 is 44.1 Å². The third kappa shape index (κ3) is 5.11. The Morgan fingerprint density at radius 2 is 1.79 bits per heavy atom. The predicted octanol–water partition coefficient (Wildman–Crippen LogP) is 2.37. The Morgan fingerprint density at radius 3 is 2.32 bits per heavy atom. The average Bonchev–Trinajstić information content (AvgIpc) is 3.16. The van der Waals surface area contributed by atoms with Crippen molar-refractivity contribution in [1.29, 1.82) is 0 Å². The van der Waals surface area contributed by atoms with E-state index in [1.165, 1.54) is 59.0 Å². The van der Waals surface area contributed by atoms with Gasteiger partial charge in [0.05, 0.1) is 17.0 Å². The van der Waals surface area contributed by atoms with Gasteiger partial charge in [0.15, 0.2) is 0 Å². The molecule has 11 heteroatoms. The van der Waals surface area contributed by atoms with Gasteiger partial charge in [0.25, 0.3) is 11.8 Å². The molecule has 2 aromatic rings. The van der Waals surface area contributed by atoms with Gasteiger partial charge in [-0.2, -0.15) is 4.31 Å². The summed E-state index contributed by atoms with van der Waals surface area (Å²) in [6.45, 7) is 9.70. The van der Waals surface area contributed by atoms with E-state index in [0.29, 0.717) is 24.5 Å². The molecule has 3 amide bonds. The van der Waals surface area contributed by atoms with E-state index >= 15 is 0 Å². The fraction of sp³-hybridized carbons (Fsp3) is 0.261. The molecule has 0 saturated carbocycles. The second kappa shape index (κ2) is 10.3. The molecule has 9 nitrogen and oxygen atoms in total. The number of nitrogens with two attached hydrogens (primary N) is 1. The number of fused-ring (bicyclic) bond motifs is 1. The van der Waals surface area contributed by atoms with Crippen molar-refractivity contribution < 1.29 is 22.8 Å². The first-order valence-corrected chi connectivity index (χ1v) is 12.7. The van der Waals surface area contributed by atoms with Gasteiger partial charge in [0.1, 0.15) is 5.00 Å². The zero-order chi connectivity index (χ0) is 25.0. The number of benzene rings is 1. The smallest absolute Gasteiger partial charge is 0.256 e. The number of hydrogen-bond donors (Lipinski definition) is 2. The number of primary amides is 1. The van der Waals surface area contributed by atoms with Crippen LogP contribution in [0.3, 0.4) is 0 Å². The van der Waals surface area contributed by atoms with Crippen molar-refractivity contribution in [3.63, 3.8) is 0 Å². The Bertz CT molecular complexity index is 1240. The molecule has 0 aliphatic carbocycles. The summed E-state index contributed by atoms with van der Waals surface area (Å²) < 4.78 is 26.9. The molecular weight excluding hydrogens is 476 g/mol. The second-order valence-corrected chi connectivity index (χ2v) is 10.7. The largest absolute Gasteiger partial charge is 0.365 e. The molecule has 1 aliphatic heterocycles. The van der Waals surface area contributed by atoms with Crippen molar-refractivity contribution in [3.05, 3.63) is 71.1 Å². The van der Waals surface area contributed by atoms with Gasteiger partial charge in [-0.1, -0.05) is 12.2 Å². The van der Waals surface area contributed by atoms with E-state index in [-0.39, 0.29) is 35.0 Å². The Morgan fingerprint density at radius 1 is 1.18 bits per heavy atom. The van der Waals surface area contributed by atoms with Crippen LogP contribution in [-0.4, -0.2) is 55.0 Å². The molecule has 0 bridgehead atoms. The van der Waals surface area contributed by atoms with Gasteiger partial charge in [-0.3, -0.25) is 14.4 Å². The van der Waals surface area contributed by atoms with Crippen LogP contribution in [0.4, 0.5) is 5.00 Å². The minimum absolute atomic E-state index is 0.0292. The number of rotatable bonds is 9. The highest BCUT2D eigenvalue weighted by atomic mass is 32.2. The number of carbonyl (C=O) groups excluding carboxylic acids is 3. The fourth-order valence-corrected chi connectivity index (χ4v) is 6.33. The quantitative estimate of drug-likeness (QED) is 0.509. The summed E-state index contributed by atoms with van der Waals surface area (Å²) in [6, 6.07) is 5.50. The van der Waals surface area contributed by atoms with E-state index < -0.39 is 21.8 Å². The minimum Gasteiger partial charge on any atom is -0.365 e. The highest BCUT2D eigenvalue weighted by Crippen LogP contribution is 2.37. The maximum Gasteiger partial charge on any atom is 0.256 e. The lowest BCUT2D eigenvalue weighted by molar-refractivity contribution is -0.129. The summed E-state index contributed by atoms with van der Waals surface area (Å²) in [5.74, 6) is -1.24. The first-order valence-electron chi connectivity index (χ1n) is 10.4. The lowest BCUT2D eigenvalue weighted by atomic mass is 10.0. The zero-order valence-corrected chi connectivity index (χ0v) is 20.4. The number of amides is 3. The monoisotopic (exact) mass is 502 g/mol. The first kappa shape index (κ1) is 25.3. The molecule has 180 valence electrons. The zero-order valence-electron chi connectivity index (χ0n) is 18.7. The summed E-state index contributed by atoms with van der Waals surface area (Å²) in [5, 5.41) is 3.03. The highest BCUT2D eigenvalue weighted by molar-refractivity contribution is 7.89. The predicted molar refractivity (Wildman–Crippen MR) is 131 cm³/mol. The lowest BCUT2D eigenvalue weighted by Gasteiger charge is -2.25. The SMILES string of the molecule is C=CCN(CC=C)S(=O)(=O)c1ccc(C(=O)Nc2sc3c(c2C(N)=O)CCN(C(C)=O)C3)cc1. The second-order valence-electron chi connectivity index (χ2n) is 7.64. The van der Waals surface area contributed by atoms with E-state index in [0.717, 1.165) is 10.4 Å². The molecule has 2 heterocycles. The maximum absolute atomic E-state index is 12.9. The van der Waals surface area contributed by atoms with Gasteiger partial charge in [0, 0.05) is 37.0 Å². The van der Waals surface area contributed by atoms with Crippen LogP contribution in [0.25, 0.3) is 0 Å². The summed E-state index contributed by atoms with van der Waals surface area (Å²) in [5.41, 5.74) is 6.80. The lowest BCUT2D eigenvalue weighted by Crippen LogP contribution is -2.34. The standard InChI is InChI=1S/C23H26N4O5S2/c1-4-11-27(12-5-2)34(31,32)17-8-6-16(7-9-17)22(30)25-23-20(21(24)29)18-10-13-26(15(3)28)14-19(18)33-23/h4-9H,1-2,10-14H2,3H3,(H2,24,29)(H,25,30). The number of nitrogens with one attached hydrogen (secondary N) is 1. The molecule has 3 rings (SSSR count). The number of anilines is 1. The van der Waals surface area contributed by atoms with Gasteiger partial charge >= 0.3 is 0 Å². The Kier molecular flexibility index (Phi) is 7.70. The van der Waals surface area contributed by atoms with Crippen molar-refractivity contribution in [2.45, 2.75) is 24.8 Å².